The Hall–Kier alpha value is -3.34. The molecule has 1 aliphatic rings. The van der Waals surface area contributed by atoms with Crippen LogP contribution in [0, 0.1) is 19.8 Å². The molecule has 0 aromatic carbocycles. The van der Waals surface area contributed by atoms with Crippen LogP contribution in [0.5, 0.6) is 0 Å². The Morgan fingerprint density at radius 1 is 1.32 bits per heavy atom. The molecular weight excluding hydrogens is 386 g/mol. The van der Waals surface area contributed by atoms with Gasteiger partial charge in [-0.1, -0.05) is 32.6 Å². The maximum atomic E-state index is 13.2. The molecule has 0 amide bonds. The third kappa shape index (κ3) is 4.55. The first-order valence-electron chi connectivity index (χ1n) is 10.6. The number of aromatic nitrogens is 2. The number of H-pyrrole nitrogens is 1. The zero-order chi connectivity index (χ0) is 22.7. The summed E-state index contributed by atoms with van der Waals surface area (Å²) < 4.78 is 7.37. The van der Waals surface area contributed by atoms with Gasteiger partial charge in [0.05, 0.1) is 23.9 Å². The van der Waals surface area contributed by atoms with E-state index in [2.05, 4.69) is 24.6 Å². The van der Waals surface area contributed by atoms with Crippen LogP contribution in [0.25, 0.3) is 18.2 Å². The minimum absolute atomic E-state index is 0.0366. The standard InChI is InChI=1S/C26H31N3O2/c1-8-10-23-19(9-2)13-24(29(23)26(30)11-16(3)4)21-15-25(31-7)22(28-21)14-20-17(5)12-18(6)27-20/h8-10,12-16,27H,1,11H2,2-7H3/b19-9-,22-14-,23-10+. The zero-order valence-electron chi connectivity index (χ0n) is 19.2. The number of nitrogens with zero attached hydrogens (tertiary/aromatic N) is 2. The first-order chi connectivity index (χ1) is 14.8. The summed E-state index contributed by atoms with van der Waals surface area (Å²) in [6.07, 6.45) is 9.89. The zero-order valence-corrected chi connectivity index (χ0v) is 19.2. The van der Waals surface area contributed by atoms with Crippen molar-refractivity contribution in [2.24, 2.45) is 10.9 Å². The number of ether oxygens (including phenoxy) is 1. The van der Waals surface area contributed by atoms with E-state index in [0.29, 0.717) is 17.9 Å². The lowest BCUT2D eigenvalue weighted by Crippen LogP contribution is -2.34. The van der Waals surface area contributed by atoms with Crippen LogP contribution in [-0.2, 0) is 4.74 Å². The topological polar surface area (TPSA) is 59.4 Å². The van der Waals surface area contributed by atoms with Gasteiger partial charge >= 0.3 is 0 Å². The molecular formula is C26H31N3O2. The Kier molecular flexibility index (Phi) is 6.64. The molecule has 0 bridgehead atoms. The van der Waals surface area contributed by atoms with Crippen LogP contribution >= 0.6 is 0 Å². The number of hydrogen-bond acceptors (Lipinski definition) is 3. The van der Waals surface area contributed by atoms with Gasteiger partial charge in [0.1, 0.15) is 11.5 Å². The summed E-state index contributed by atoms with van der Waals surface area (Å²) in [5.41, 5.74) is 5.41. The Bertz CT molecular complexity index is 1230. The molecule has 2 aromatic heterocycles. The number of aryl methyl sites for hydroxylation is 2. The van der Waals surface area contributed by atoms with Crippen LogP contribution in [0.2, 0.25) is 0 Å². The maximum Gasteiger partial charge on any atom is 0.231 e. The number of rotatable bonds is 6. The van der Waals surface area contributed by atoms with Gasteiger partial charge in [-0.05, 0) is 61.8 Å². The second kappa shape index (κ2) is 9.21. The summed E-state index contributed by atoms with van der Waals surface area (Å²) in [5, 5.41) is 1.79. The number of nitrogens with one attached hydrogen (secondary N) is 1. The molecule has 31 heavy (non-hydrogen) atoms. The predicted molar refractivity (Wildman–Crippen MR) is 128 cm³/mol. The number of carbonyl (C=O) groups is 1. The van der Waals surface area contributed by atoms with Gasteiger partial charge in [-0.25, -0.2) is 4.99 Å². The largest absolute Gasteiger partial charge is 0.494 e. The second-order valence-electron chi connectivity index (χ2n) is 8.18. The molecule has 3 rings (SSSR count). The number of aromatic amines is 1. The van der Waals surface area contributed by atoms with Crippen molar-refractivity contribution in [2.45, 2.75) is 41.0 Å². The van der Waals surface area contributed by atoms with Crippen LogP contribution in [0.1, 0.15) is 54.6 Å². The lowest BCUT2D eigenvalue weighted by molar-refractivity contribution is 0.0883. The highest BCUT2D eigenvalue weighted by Gasteiger charge is 2.23. The molecule has 0 radical (unpaired) electrons. The fraction of sp³-hybridized carbons (Fsp3) is 0.308. The molecule has 0 spiro atoms. The predicted octanol–water partition coefficient (Wildman–Crippen LogP) is 4.26. The molecule has 162 valence electrons. The van der Waals surface area contributed by atoms with E-state index in [1.807, 2.05) is 58.1 Å². The van der Waals surface area contributed by atoms with Crippen LogP contribution < -0.4 is 10.6 Å². The number of methoxy groups -OCH3 is 1. The molecule has 0 atom stereocenters. The van der Waals surface area contributed by atoms with Gasteiger partial charge in [0.15, 0.2) is 0 Å². The molecule has 0 aliphatic carbocycles. The summed E-state index contributed by atoms with van der Waals surface area (Å²) in [5.74, 6) is 0.954. The lowest BCUT2D eigenvalue weighted by Gasteiger charge is -2.09. The van der Waals surface area contributed by atoms with E-state index in [9.17, 15) is 4.79 Å². The summed E-state index contributed by atoms with van der Waals surface area (Å²) >= 11 is 0. The van der Waals surface area contributed by atoms with E-state index in [1.165, 1.54) is 0 Å². The summed E-state index contributed by atoms with van der Waals surface area (Å²) in [7, 11) is 1.64. The third-order valence-corrected chi connectivity index (χ3v) is 5.20. The average Bonchev–Trinajstić information content (AvgIpc) is 3.36. The molecule has 1 N–H and O–H groups in total. The third-order valence-electron chi connectivity index (χ3n) is 5.20. The average molecular weight is 418 g/mol. The molecule has 2 aromatic rings. The SMILES string of the molecule is C=C/C=c1\c(=C/C)cc(C2=N/C(=C\c3[nH]c(C)cc3C)C(OC)=C2)n1C(=O)CC(C)C. The number of allylic oxidation sites excluding steroid dienone is 2. The van der Waals surface area contributed by atoms with Crippen LogP contribution in [0.3, 0.4) is 0 Å². The van der Waals surface area contributed by atoms with Crippen molar-refractivity contribution >= 4 is 29.8 Å². The first-order valence-corrected chi connectivity index (χ1v) is 10.6. The van der Waals surface area contributed by atoms with Crippen molar-refractivity contribution in [1.82, 2.24) is 9.55 Å². The minimum atomic E-state index is 0.0366. The lowest BCUT2D eigenvalue weighted by atomic mass is 10.1. The fourth-order valence-corrected chi connectivity index (χ4v) is 3.81. The normalized spacial score (nSPS) is 16.3. The Morgan fingerprint density at radius 2 is 2.06 bits per heavy atom. The van der Waals surface area contributed by atoms with Crippen LogP contribution in [0.15, 0.2) is 47.3 Å². The van der Waals surface area contributed by atoms with E-state index >= 15 is 0 Å². The molecule has 0 saturated heterocycles. The number of hydrogen-bond donors (Lipinski definition) is 1. The van der Waals surface area contributed by atoms with Crippen molar-refractivity contribution in [1.29, 1.82) is 0 Å². The molecule has 1 aliphatic heterocycles. The molecule has 5 heteroatoms. The summed E-state index contributed by atoms with van der Waals surface area (Å²) in [6, 6.07) is 4.10. The maximum absolute atomic E-state index is 13.2. The fourth-order valence-electron chi connectivity index (χ4n) is 3.81. The second-order valence-corrected chi connectivity index (χ2v) is 8.18. The molecule has 0 unspecified atom stereocenters. The van der Waals surface area contributed by atoms with Crippen LogP contribution in [0.4, 0.5) is 0 Å². The van der Waals surface area contributed by atoms with E-state index in [1.54, 1.807) is 17.8 Å². The van der Waals surface area contributed by atoms with Crippen molar-refractivity contribution in [2.75, 3.05) is 7.11 Å². The van der Waals surface area contributed by atoms with E-state index in [-0.39, 0.29) is 11.8 Å². The summed E-state index contributed by atoms with van der Waals surface area (Å²) in [4.78, 5) is 21.4. The first kappa shape index (κ1) is 22.3. The van der Waals surface area contributed by atoms with Gasteiger partial charge in [0, 0.05) is 23.9 Å². The quantitative estimate of drug-likeness (QED) is 0.763. The van der Waals surface area contributed by atoms with Crippen molar-refractivity contribution in [3.8, 4) is 0 Å². The Balaban J connectivity index is 2.21. The summed E-state index contributed by atoms with van der Waals surface area (Å²) in [6.45, 7) is 14.0. The Morgan fingerprint density at radius 3 is 2.61 bits per heavy atom. The number of aliphatic imine (C=N–C) groups is 1. The Labute approximate surface area is 183 Å². The molecule has 0 fully saturated rings. The van der Waals surface area contributed by atoms with Gasteiger partial charge in [0.2, 0.25) is 5.91 Å². The molecule has 5 nitrogen and oxygen atoms in total. The highest BCUT2D eigenvalue weighted by molar-refractivity contribution is 6.12. The van der Waals surface area contributed by atoms with Crippen molar-refractivity contribution in [3.05, 3.63) is 75.5 Å². The van der Waals surface area contributed by atoms with Crippen LogP contribution in [-0.4, -0.2) is 28.3 Å². The van der Waals surface area contributed by atoms with E-state index in [4.69, 9.17) is 9.73 Å². The van der Waals surface area contributed by atoms with E-state index < -0.39 is 0 Å². The van der Waals surface area contributed by atoms with Crippen molar-refractivity contribution < 1.29 is 9.53 Å². The number of carbonyl (C=O) groups excluding carboxylic acids is 1. The van der Waals surface area contributed by atoms with Gasteiger partial charge in [-0.3, -0.25) is 9.36 Å². The monoisotopic (exact) mass is 417 g/mol. The molecule has 3 heterocycles. The molecule has 0 saturated carbocycles. The van der Waals surface area contributed by atoms with Gasteiger partial charge in [0.25, 0.3) is 0 Å². The highest BCUT2D eigenvalue weighted by Crippen LogP contribution is 2.26. The van der Waals surface area contributed by atoms with E-state index in [0.717, 1.165) is 38.9 Å². The highest BCUT2D eigenvalue weighted by atomic mass is 16.5. The van der Waals surface area contributed by atoms with Gasteiger partial charge in [-0.2, -0.15) is 0 Å². The van der Waals surface area contributed by atoms with Crippen molar-refractivity contribution in [3.63, 3.8) is 0 Å². The van der Waals surface area contributed by atoms with Gasteiger partial charge < -0.3 is 9.72 Å². The minimum Gasteiger partial charge on any atom is -0.494 e. The smallest absolute Gasteiger partial charge is 0.231 e. The van der Waals surface area contributed by atoms with Gasteiger partial charge in [-0.15, -0.1) is 0 Å².